The van der Waals surface area contributed by atoms with Gasteiger partial charge in [-0.15, -0.1) is 0 Å². The van der Waals surface area contributed by atoms with E-state index < -0.39 is 0 Å². The molecule has 3 aromatic carbocycles. The molecule has 0 fully saturated rings. The van der Waals surface area contributed by atoms with E-state index in [9.17, 15) is 9.59 Å². The van der Waals surface area contributed by atoms with Gasteiger partial charge in [0.05, 0.1) is 16.5 Å². The molecule has 5 rings (SSSR count). The Morgan fingerprint density at radius 2 is 1.63 bits per heavy atom. The average Bonchev–Trinajstić information content (AvgIpc) is 3.04. The van der Waals surface area contributed by atoms with Crippen LogP contribution in [0, 0.1) is 11.3 Å². The van der Waals surface area contributed by atoms with Crippen molar-refractivity contribution in [1.82, 2.24) is 4.90 Å². The Bertz CT molecular complexity index is 1250. The molecular weight excluding hydrogens is 392 g/mol. The van der Waals surface area contributed by atoms with E-state index in [-0.39, 0.29) is 17.1 Å². The van der Waals surface area contributed by atoms with Crippen LogP contribution in [0.3, 0.4) is 0 Å². The summed E-state index contributed by atoms with van der Waals surface area (Å²) in [5, 5.41) is 8.78. The number of carbonyl (C=O) groups is 2. The third-order valence-corrected chi connectivity index (χ3v) is 6.69. The van der Waals surface area contributed by atoms with Gasteiger partial charge in [-0.3, -0.25) is 9.59 Å². The van der Waals surface area contributed by atoms with Gasteiger partial charge in [-0.2, -0.15) is 5.26 Å². The third kappa shape index (κ3) is 3.02. The van der Waals surface area contributed by atoms with Gasteiger partial charge in [-0.05, 0) is 41.0 Å². The number of rotatable bonds is 1. The fourth-order valence-electron chi connectivity index (χ4n) is 3.89. The highest BCUT2D eigenvalue weighted by Crippen LogP contribution is 2.48. The number of ketones is 1. The van der Waals surface area contributed by atoms with E-state index >= 15 is 0 Å². The normalized spacial score (nSPS) is 18.8. The number of Topliss-reactive ketones (excluding diaryl/α,β-unsaturated/α-hetero) is 1. The zero-order valence-corrected chi connectivity index (χ0v) is 16.7. The van der Waals surface area contributed by atoms with Crippen LogP contribution in [0.5, 0.6) is 0 Å². The largest absolute Gasteiger partial charge is 0.318 e. The highest BCUT2D eigenvalue weighted by atomic mass is 32.2. The van der Waals surface area contributed by atoms with Gasteiger partial charge in [0.25, 0.3) is 5.91 Å². The molecule has 30 heavy (non-hydrogen) atoms. The maximum absolute atomic E-state index is 13.5. The van der Waals surface area contributed by atoms with E-state index in [1.54, 1.807) is 12.1 Å². The molecule has 0 N–H and O–H groups in total. The van der Waals surface area contributed by atoms with Crippen LogP contribution < -0.4 is 0 Å². The lowest BCUT2D eigenvalue weighted by Crippen LogP contribution is -2.29. The first-order valence-electron chi connectivity index (χ1n) is 9.57. The Kier molecular flexibility index (Phi) is 4.50. The van der Waals surface area contributed by atoms with Gasteiger partial charge in [0.1, 0.15) is 5.37 Å². The molecule has 144 valence electrons. The summed E-state index contributed by atoms with van der Waals surface area (Å²) in [6.45, 7) is 0.400. The van der Waals surface area contributed by atoms with Gasteiger partial charge in [0, 0.05) is 17.7 Å². The standard InChI is InChI=1S/C25H16N2O2S/c26-14-17-11-9-16(10-12-17)13-22-23(28)19-6-2-1-5-18(19)15-27-24(29)20-7-3-4-8-21(20)25(27)30-22/h1-13,25H,15H2/t25-/m1/s1. The van der Waals surface area contributed by atoms with E-state index in [0.717, 1.165) is 16.7 Å². The smallest absolute Gasteiger partial charge is 0.255 e. The maximum atomic E-state index is 13.5. The van der Waals surface area contributed by atoms with Gasteiger partial charge in [0.15, 0.2) is 5.78 Å². The summed E-state index contributed by atoms with van der Waals surface area (Å²) < 4.78 is 0. The van der Waals surface area contributed by atoms with E-state index in [4.69, 9.17) is 5.26 Å². The van der Waals surface area contributed by atoms with Gasteiger partial charge in [-0.25, -0.2) is 0 Å². The molecule has 2 aliphatic heterocycles. The van der Waals surface area contributed by atoms with Crippen molar-refractivity contribution in [1.29, 1.82) is 5.26 Å². The summed E-state index contributed by atoms with van der Waals surface area (Å²) in [6.07, 6.45) is 1.85. The molecule has 0 aromatic heterocycles. The summed E-state index contributed by atoms with van der Waals surface area (Å²) >= 11 is 1.41. The average molecular weight is 408 g/mol. The predicted molar refractivity (Wildman–Crippen MR) is 117 cm³/mol. The number of hydrogen-bond donors (Lipinski definition) is 0. The fraction of sp³-hybridized carbons (Fsp3) is 0.0800. The SMILES string of the molecule is N#Cc1ccc(C=C2S[C@@H]3c4ccccc4C(=O)N3Cc3ccccc3C2=O)cc1. The van der Waals surface area contributed by atoms with Crippen LogP contribution in [-0.2, 0) is 6.54 Å². The quantitative estimate of drug-likeness (QED) is 0.520. The van der Waals surface area contributed by atoms with E-state index in [1.807, 2.05) is 71.6 Å². The zero-order chi connectivity index (χ0) is 20.7. The first-order valence-corrected chi connectivity index (χ1v) is 10.4. The second kappa shape index (κ2) is 7.33. The third-order valence-electron chi connectivity index (χ3n) is 5.40. The second-order valence-corrected chi connectivity index (χ2v) is 8.34. The molecule has 4 nitrogen and oxygen atoms in total. The second-order valence-electron chi connectivity index (χ2n) is 7.22. The topological polar surface area (TPSA) is 61.2 Å². The number of carbonyl (C=O) groups excluding carboxylic acids is 2. The lowest BCUT2D eigenvalue weighted by molar-refractivity contribution is 0.0758. The Hall–Kier alpha value is -3.62. The Balaban J connectivity index is 1.66. The fourth-order valence-corrected chi connectivity index (χ4v) is 5.18. The lowest BCUT2D eigenvalue weighted by atomic mass is 10.0. The van der Waals surface area contributed by atoms with E-state index in [0.29, 0.717) is 28.1 Å². The van der Waals surface area contributed by atoms with Crippen LogP contribution in [0.25, 0.3) is 6.08 Å². The molecular formula is C25H16N2O2S. The van der Waals surface area contributed by atoms with Gasteiger partial charge >= 0.3 is 0 Å². The highest BCUT2D eigenvalue weighted by molar-refractivity contribution is 8.04. The number of amides is 1. The minimum Gasteiger partial charge on any atom is -0.318 e. The maximum Gasteiger partial charge on any atom is 0.255 e. The van der Waals surface area contributed by atoms with Crippen LogP contribution in [0.2, 0.25) is 0 Å². The van der Waals surface area contributed by atoms with E-state index in [1.165, 1.54) is 11.8 Å². The van der Waals surface area contributed by atoms with Crippen molar-refractivity contribution < 1.29 is 9.59 Å². The van der Waals surface area contributed by atoms with Crippen LogP contribution in [-0.4, -0.2) is 16.6 Å². The molecule has 2 aliphatic rings. The number of benzene rings is 3. The molecule has 5 heteroatoms. The van der Waals surface area contributed by atoms with Crippen molar-refractivity contribution in [2.45, 2.75) is 11.9 Å². The molecule has 0 saturated carbocycles. The molecule has 1 amide bonds. The molecule has 0 saturated heterocycles. The summed E-state index contributed by atoms with van der Waals surface area (Å²) in [6, 6.07) is 24.3. The van der Waals surface area contributed by atoms with Crippen molar-refractivity contribution in [3.63, 3.8) is 0 Å². The first-order chi connectivity index (χ1) is 14.7. The van der Waals surface area contributed by atoms with Crippen molar-refractivity contribution in [2.24, 2.45) is 0 Å². The Labute approximate surface area is 178 Å². The van der Waals surface area contributed by atoms with Crippen LogP contribution in [0.15, 0.2) is 77.7 Å². The number of allylic oxidation sites excluding steroid dienone is 1. The van der Waals surface area contributed by atoms with Crippen molar-refractivity contribution in [3.05, 3.63) is 111 Å². The number of thioether (sulfide) groups is 1. The summed E-state index contributed by atoms with van der Waals surface area (Å²) in [5.41, 5.74) is 4.50. The summed E-state index contributed by atoms with van der Waals surface area (Å²) in [7, 11) is 0. The highest BCUT2D eigenvalue weighted by Gasteiger charge is 2.40. The number of fused-ring (bicyclic) bond motifs is 4. The summed E-state index contributed by atoms with van der Waals surface area (Å²) in [4.78, 5) is 29.0. The minimum atomic E-state index is -0.254. The van der Waals surface area contributed by atoms with Crippen molar-refractivity contribution >= 4 is 29.5 Å². The molecule has 0 radical (unpaired) electrons. The molecule has 0 bridgehead atoms. The molecule has 0 unspecified atom stereocenters. The van der Waals surface area contributed by atoms with Crippen molar-refractivity contribution in [2.75, 3.05) is 0 Å². The van der Waals surface area contributed by atoms with Gasteiger partial charge in [-0.1, -0.05) is 66.4 Å². The molecule has 2 heterocycles. The number of hydrogen-bond acceptors (Lipinski definition) is 4. The Morgan fingerprint density at radius 3 is 2.40 bits per heavy atom. The van der Waals surface area contributed by atoms with Crippen molar-refractivity contribution in [3.8, 4) is 6.07 Å². The minimum absolute atomic E-state index is 0.00928. The van der Waals surface area contributed by atoms with Crippen LogP contribution in [0.1, 0.15) is 48.3 Å². The lowest BCUT2D eigenvalue weighted by Gasteiger charge is -2.29. The van der Waals surface area contributed by atoms with Gasteiger partial charge < -0.3 is 4.90 Å². The molecule has 3 aromatic rings. The van der Waals surface area contributed by atoms with Gasteiger partial charge in [0.2, 0.25) is 0 Å². The number of nitriles is 1. The van der Waals surface area contributed by atoms with E-state index in [2.05, 4.69) is 6.07 Å². The Morgan fingerprint density at radius 1 is 0.933 bits per heavy atom. The molecule has 1 atom stereocenters. The zero-order valence-electron chi connectivity index (χ0n) is 15.9. The summed E-state index contributed by atoms with van der Waals surface area (Å²) in [5.74, 6) is -0.0542. The van der Waals surface area contributed by atoms with Crippen LogP contribution >= 0.6 is 11.8 Å². The number of nitrogens with zero attached hydrogens (tertiary/aromatic N) is 2. The predicted octanol–water partition coefficient (Wildman–Crippen LogP) is 5.18. The molecule has 0 aliphatic carbocycles. The molecule has 0 spiro atoms. The monoisotopic (exact) mass is 408 g/mol. The first kappa shape index (κ1) is 18.4. The van der Waals surface area contributed by atoms with Crippen LogP contribution in [0.4, 0.5) is 0 Å².